The van der Waals surface area contributed by atoms with Gasteiger partial charge in [0.25, 0.3) is 0 Å². The largest absolute Gasteiger partial charge is 0.383 e. The molecule has 0 saturated heterocycles. The molecule has 0 aliphatic carbocycles. The highest BCUT2D eigenvalue weighted by molar-refractivity contribution is 4.83. The number of methoxy groups -OCH3 is 1. The van der Waals surface area contributed by atoms with E-state index in [1.807, 2.05) is 0 Å². The molecule has 0 rings (SSSR count). The lowest BCUT2D eigenvalue weighted by atomic mass is 9.81. The van der Waals surface area contributed by atoms with Crippen molar-refractivity contribution in [1.82, 2.24) is 10.2 Å². The average Bonchev–Trinajstić information content (AvgIpc) is 2.42. The van der Waals surface area contributed by atoms with E-state index in [2.05, 4.69) is 51.8 Å². The van der Waals surface area contributed by atoms with E-state index in [0.717, 1.165) is 38.7 Å². The molecule has 0 radical (unpaired) electrons. The Balaban J connectivity index is 4.63. The second kappa shape index (κ2) is 11.4. The molecule has 1 N–H and O–H groups in total. The van der Waals surface area contributed by atoms with Gasteiger partial charge in [0.05, 0.1) is 6.61 Å². The predicted octanol–water partition coefficient (Wildman–Crippen LogP) is 3.64. The van der Waals surface area contributed by atoms with Crippen molar-refractivity contribution in [3.63, 3.8) is 0 Å². The Bertz CT molecular complexity index is 237. The standard InChI is InChI=1S/C18H40N2O/c1-8-18(9-2,14-19-12-16(3)4)15-20(10-11-21-7)13-17(5)6/h16-17,19H,8-15H2,1-7H3. The summed E-state index contributed by atoms with van der Waals surface area (Å²) in [5.41, 5.74) is 0.386. The third-order valence-corrected chi connectivity index (χ3v) is 4.35. The summed E-state index contributed by atoms with van der Waals surface area (Å²) in [6.07, 6.45) is 2.46. The quantitative estimate of drug-likeness (QED) is 0.562. The number of hydrogen-bond acceptors (Lipinski definition) is 3. The van der Waals surface area contributed by atoms with Gasteiger partial charge in [-0.15, -0.1) is 0 Å². The molecular weight excluding hydrogens is 260 g/mol. The van der Waals surface area contributed by atoms with Crippen LogP contribution < -0.4 is 5.32 Å². The van der Waals surface area contributed by atoms with Crippen LogP contribution in [0.4, 0.5) is 0 Å². The van der Waals surface area contributed by atoms with Crippen molar-refractivity contribution in [1.29, 1.82) is 0 Å². The number of hydrogen-bond donors (Lipinski definition) is 1. The molecule has 3 heteroatoms. The first-order chi connectivity index (χ1) is 9.89. The summed E-state index contributed by atoms with van der Waals surface area (Å²) in [6, 6.07) is 0. The van der Waals surface area contributed by atoms with Crippen LogP contribution in [-0.2, 0) is 4.74 Å². The summed E-state index contributed by atoms with van der Waals surface area (Å²) in [5.74, 6) is 1.42. The van der Waals surface area contributed by atoms with Crippen LogP contribution in [0.1, 0.15) is 54.4 Å². The zero-order valence-electron chi connectivity index (χ0n) is 15.7. The minimum absolute atomic E-state index is 0.386. The second-order valence-corrected chi connectivity index (χ2v) is 7.35. The monoisotopic (exact) mass is 300 g/mol. The summed E-state index contributed by atoms with van der Waals surface area (Å²) < 4.78 is 5.29. The molecule has 128 valence electrons. The molecule has 0 unspecified atom stereocenters. The summed E-state index contributed by atoms with van der Waals surface area (Å²) in [7, 11) is 1.80. The third-order valence-electron chi connectivity index (χ3n) is 4.35. The van der Waals surface area contributed by atoms with Crippen LogP contribution >= 0.6 is 0 Å². The van der Waals surface area contributed by atoms with Crippen LogP contribution in [0.3, 0.4) is 0 Å². The highest BCUT2D eigenvalue weighted by atomic mass is 16.5. The molecule has 0 fully saturated rings. The van der Waals surface area contributed by atoms with Gasteiger partial charge in [0.1, 0.15) is 0 Å². The van der Waals surface area contributed by atoms with Crippen LogP contribution in [-0.4, -0.2) is 51.3 Å². The molecule has 0 heterocycles. The number of nitrogens with one attached hydrogen (secondary N) is 1. The van der Waals surface area contributed by atoms with E-state index >= 15 is 0 Å². The molecule has 0 aromatic rings. The molecule has 0 aromatic carbocycles. The Morgan fingerprint density at radius 3 is 2.10 bits per heavy atom. The fraction of sp³-hybridized carbons (Fsp3) is 1.00. The van der Waals surface area contributed by atoms with Crippen molar-refractivity contribution in [3.8, 4) is 0 Å². The van der Waals surface area contributed by atoms with Gasteiger partial charge >= 0.3 is 0 Å². The van der Waals surface area contributed by atoms with E-state index < -0.39 is 0 Å². The average molecular weight is 301 g/mol. The third kappa shape index (κ3) is 9.49. The smallest absolute Gasteiger partial charge is 0.0589 e. The topological polar surface area (TPSA) is 24.5 Å². The number of rotatable bonds is 13. The zero-order chi connectivity index (χ0) is 16.3. The molecule has 0 amide bonds. The van der Waals surface area contributed by atoms with Crippen LogP contribution in [0.25, 0.3) is 0 Å². The van der Waals surface area contributed by atoms with Crippen molar-refractivity contribution >= 4 is 0 Å². The molecule has 0 aliphatic heterocycles. The molecule has 0 saturated carbocycles. The number of nitrogens with zero attached hydrogens (tertiary/aromatic N) is 1. The van der Waals surface area contributed by atoms with Crippen molar-refractivity contribution < 1.29 is 4.74 Å². The van der Waals surface area contributed by atoms with Crippen LogP contribution in [0.2, 0.25) is 0 Å². The maximum Gasteiger partial charge on any atom is 0.0589 e. The lowest BCUT2D eigenvalue weighted by Gasteiger charge is -2.38. The van der Waals surface area contributed by atoms with Gasteiger partial charge in [0.2, 0.25) is 0 Å². The van der Waals surface area contributed by atoms with Gasteiger partial charge in [0.15, 0.2) is 0 Å². The Morgan fingerprint density at radius 1 is 1.05 bits per heavy atom. The lowest BCUT2D eigenvalue weighted by molar-refractivity contribution is 0.0895. The first-order valence-electron chi connectivity index (χ1n) is 8.81. The summed E-state index contributed by atoms with van der Waals surface area (Å²) >= 11 is 0. The Morgan fingerprint density at radius 2 is 1.67 bits per heavy atom. The van der Waals surface area contributed by atoms with Gasteiger partial charge in [0, 0.05) is 33.3 Å². The predicted molar refractivity (Wildman–Crippen MR) is 93.9 cm³/mol. The molecule has 0 atom stereocenters. The molecule has 21 heavy (non-hydrogen) atoms. The first kappa shape index (κ1) is 20.9. The molecule has 0 aliphatic rings. The normalized spacial score (nSPS) is 12.9. The SMILES string of the molecule is CCC(CC)(CNCC(C)C)CN(CCOC)CC(C)C. The maximum absolute atomic E-state index is 5.29. The fourth-order valence-electron chi connectivity index (χ4n) is 2.85. The van der Waals surface area contributed by atoms with Crippen LogP contribution in [0.5, 0.6) is 0 Å². The minimum Gasteiger partial charge on any atom is -0.383 e. The van der Waals surface area contributed by atoms with Gasteiger partial charge in [-0.05, 0) is 36.6 Å². The van der Waals surface area contributed by atoms with Crippen molar-refractivity contribution in [2.24, 2.45) is 17.3 Å². The summed E-state index contributed by atoms with van der Waals surface area (Å²) in [5, 5.41) is 3.68. The van der Waals surface area contributed by atoms with E-state index in [0.29, 0.717) is 11.3 Å². The van der Waals surface area contributed by atoms with Gasteiger partial charge in [-0.1, -0.05) is 41.5 Å². The molecular formula is C18H40N2O. The van der Waals surface area contributed by atoms with Crippen molar-refractivity contribution in [2.45, 2.75) is 54.4 Å². The second-order valence-electron chi connectivity index (χ2n) is 7.35. The summed E-state index contributed by atoms with van der Waals surface area (Å²) in [6.45, 7) is 20.3. The van der Waals surface area contributed by atoms with E-state index in [1.165, 1.54) is 19.4 Å². The maximum atomic E-state index is 5.29. The molecule has 3 nitrogen and oxygen atoms in total. The lowest BCUT2D eigenvalue weighted by Crippen LogP contribution is -2.46. The zero-order valence-corrected chi connectivity index (χ0v) is 15.7. The van der Waals surface area contributed by atoms with Crippen LogP contribution in [0.15, 0.2) is 0 Å². The molecule has 0 aromatic heterocycles. The van der Waals surface area contributed by atoms with E-state index in [4.69, 9.17) is 4.74 Å². The summed E-state index contributed by atoms with van der Waals surface area (Å²) in [4.78, 5) is 2.60. The Kier molecular flexibility index (Phi) is 11.4. The number of ether oxygens (including phenoxy) is 1. The van der Waals surface area contributed by atoms with Gasteiger partial charge < -0.3 is 15.0 Å². The molecule has 0 spiro atoms. The first-order valence-corrected chi connectivity index (χ1v) is 8.81. The highest BCUT2D eigenvalue weighted by Gasteiger charge is 2.28. The van der Waals surface area contributed by atoms with Gasteiger partial charge in [-0.3, -0.25) is 0 Å². The van der Waals surface area contributed by atoms with Gasteiger partial charge in [-0.2, -0.15) is 0 Å². The Hall–Kier alpha value is -0.120. The highest BCUT2D eigenvalue weighted by Crippen LogP contribution is 2.27. The van der Waals surface area contributed by atoms with E-state index in [1.54, 1.807) is 7.11 Å². The van der Waals surface area contributed by atoms with E-state index in [-0.39, 0.29) is 0 Å². The molecule has 0 bridgehead atoms. The van der Waals surface area contributed by atoms with Gasteiger partial charge in [-0.25, -0.2) is 0 Å². The van der Waals surface area contributed by atoms with Crippen molar-refractivity contribution in [3.05, 3.63) is 0 Å². The fourth-order valence-corrected chi connectivity index (χ4v) is 2.85. The Labute approximate surface area is 133 Å². The van der Waals surface area contributed by atoms with Crippen LogP contribution in [0, 0.1) is 17.3 Å². The minimum atomic E-state index is 0.386. The van der Waals surface area contributed by atoms with E-state index in [9.17, 15) is 0 Å². The van der Waals surface area contributed by atoms with Crippen molar-refractivity contribution in [2.75, 3.05) is 46.4 Å².